The Morgan fingerprint density at radius 2 is 1.88 bits per heavy atom. The lowest BCUT2D eigenvalue weighted by Crippen LogP contribution is -2.12. The van der Waals surface area contributed by atoms with Crippen LogP contribution in [0.3, 0.4) is 0 Å². The number of benzene rings is 2. The summed E-state index contributed by atoms with van der Waals surface area (Å²) >= 11 is 10.1. The summed E-state index contributed by atoms with van der Waals surface area (Å²) in [6, 6.07) is 14.1. The Kier molecular flexibility index (Phi) is 3.71. The van der Waals surface area contributed by atoms with Crippen LogP contribution in [0.4, 0.5) is 5.69 Å². The molecule has 0 aliphatic rings. The van der Waals surface area contributed by atoms with Crippen molar-refractivity contribution in [2.24, 2.45) is 0 Å². The third-order valence-electron chi connectivity index (χ3n) is 2.23. The van der Waals surface area contributed by atoms with Gasteiger partial charge in [0.05, 0.1) is 5.56 Å². The SMILES string of the molecule is O=C(Nc1cccc(Cl)c1)c1ccccc1S. The zero-order chi connectivity index (χ0) is 12.3. The molecular formula is C13H10ClNOS. The van der Waals surface area contributed by atoms with Gasteiger partial charge in [0.1, 0.15) is 0 Å². The molecule has 0 unspecified atom stereocenters. The lowest BCUT2D eigenvalue weighted by molar-refractivity contribution is 0.102. The minimum absolute atomic E-state index is 0.196. The van der Waals surface area contributed by atoms with E-state index in [4.69, 9.17) is 11.6 Å². The summed E-state index contributed by atoms with van der Waals surface area (Å²) in [7, 11) is 0. The molecule has 1 N–H and O–H groups in total. The van der Waals surface area contributed by atoms with Gasteiger partial charge in [-0.1, -0.05) is 29.8 Å². The van der Waals surface area contributed by atoms with Crippen molar-refractivity contribution in [3.05, 3.63) is 59.1 Å². The lowest BCUT2D eigenvalue weighted by atomic mass is 10.2. The first kappa shape index (κ1) is 12.0. The summed E-state index contributed by atoms with van der Waals surface area (Å²) < 4.78 is 0. The van der Waals surface area contributed by atoms with Crippen molar-refractivity contribution in [1.29, 1.82) is 0 Å². The molecule has 17 heavy (non-hydrogen) atoms. The molecule has 0 heterocycles. The van der Waals surface area contributed by atoms with Crippen molar-refractivity contribution in [2.45, 2.75) is 4.90 Å². The van der Waals surface area contributed by atoms with Gasteiger partial charge in [0, 0.05) is 15.6 Å². The van der Waals surface area contributed by atoms with Gasteiger partial charge in [-0.05, 0) is 30.3 Å². The van der Waals surface area contributed by atoms with E-state index < -0.39 is 0 Å². The topological polar surface area (TPSA) is 29.1 Å². The van der Waals surface area contributed by atoms with Crippen LogP contribution in [0.5, 0.6) is 0 Å². The second-order valence-electron chi connectivity index (χ2n) is 3.48. The molecule has 0 radical (unpaired) electrons. The summed E-state index contributed by atoms with van der Waals surface area (Å²) in [5.74, 6) is -0.196. The largest absolute Gasteiger partial charge is 0.322 e. The number of nitrogens with one attached hydrogen (secondary N) is 1. The lowest BCUT2D eigenvalue weighted by Gasteiger charge is -2.07. The van der Waals surface area contributed by atoms with Gasteiger partial charge in [0.15, 0.2) is 0 Å². The van der Waals surface area contributed by atoms with Crippen LogP contribution in [-0.4, -0.2) is 5.91 Å². The van der Waals surface area contributed by atoms with Crippen LogP contribution in [0, 0.1) is 0 Å². The number of carbonyl (C=O) groups excluding carboxylic acids is 1. The summed E-state index contributed by atoms with van der Waals surface area (Å²) in [6.07, 6.45) is 0. The highest BCUT2D eigenvalue weighted by Crippen LogP contribution is 2.18. The van der Waals surface area contributed by atoms with E-state index in [1.165, 1.54) is 0 Å². The normalized spacial score (nSPS) is 10.0. The quantitative estimate of drug-likeness (QED) is 0.791. The van der Waals surface area contributed by atoms with Crippen molar-refractivity contribution >= 4 is 35.8 Å². The smallest absolute Gasteiger partial charge is 0.256 e. The number of amides is 1. The maximum atomic E-state index is 11.9. The summed E-state index contributed by atoms with van der Waals surface area (Å²) in [6.45, 7) is 0. The van der Waals surface area contributed by atoms with E-state index in [1.807, 2.05) is 6.07 Å². The number of thiol groups is 1. The number of carbonyl (C=O) groups is 1. The van der Waals surface area contributed by atoms with Crippen LogP contribution in [0.25, 0.3) is 0 Å². The minimum atomic E-state index is -0.196. The van der Waals surface area contributed by atoms with E-state index >= 15 is 0 Å². The molecule has 0 fully saturated rings. The molecule has 0 bridgehead atoms. The highest BCUT2D eigenvalue weighted by Gasteiger charge is 2.08. The van der Waals surface area contributed by atoms with Crippen molar-refractivity contribution < 1.29 is 4.79 Å². The fourth-order valence-corrected chi connectivity index (χ4v) is 1.88. The predicted molar refractivity (Wildman–Crippen MR) is 73.1 cm³/mol. The Morgan fingerprint density at radius 3 is 2.59 bits per heavy atom. The van der Waals surface area contributed by atoms with E-state index in [-0.39, 0.29) is 5.91 Å². The third kappa shape index (κ3) is 3.02. The van der Waals surface area contributed by atoms with E-state index in [1.54, 1.807) is 42.5 Å². The van der Waals surface area contributed by atoms with E-state index in [0.717, 1.165) is 0 Å². The molecule has 2 nitrogen and oxygen atoms in total. The van der Waals surface area contributed by atoms with Gasteiger partial charge < -0.3 is 5.32 Å². The first-order chi connectivity index (χ1) is 8.16. The zero-order valence-corrected chi connectivity index (χ0v) is 10.5. The number of rotatable bonds is 2. The Balaban J connectivity index is 2.20. The van der Waals surface area contributed by atoms with Gasteiger partial charge in [0.25, 0.3) is 5.91 Å². The van der Waals surface area contributed by atoms with Crippen LogP contribution in [0.1, 0.15) is 10.4 Å². The number of anilines is 1. The number of hydrogen-bond acceptors (Lipinski definition) is 2. The molecule has 0 saturated carbocycles. The fourth-order valence-electron chi connectivity index (χ4n) is 1.43. The van der Waals surface area contributed by atoms with Crippen LogP contribution in [0.2, 0.25) is 5.02 Å². The highest BCUT2D eigenvalue weighted by molar-refractivity contribution is 7.80. The van der Waals surface area contributed by atoms with Gasteiger partial charge in [-0.3, -0.25) is 4.79 Å². The molecule has 2 aromatic rings. The van der Waals surface area contributed by atoms with E-state index in [9.17, 15) is 4.79 Å². The number of hydrogen-bond donors (Lipinski definition) is 2. The first-order valence-electron chi connectivity index (χ1n) is 5.02. The zero-order valence-electron chi connectivity index (χ0n) is 8.85. The maximum absolute atomic E-state index is 11.9. The van der Waals surface area contributed by atoms with Crippen LogP contribution in [-0.2, 0) is 0 Å². The molecule has 2 rings (SSSR count). The van der Waals surface area contributed by atoms with Crippen molar-refractivity contribution in [3.8, 4) is 0 Å². The van der Waals surface area contributed by atoms with Crippen LogP contribution in [0.15, 0.2) is 53.4 Å². The average Bonchev–Trinajstić information content (AvgIpc) is 2.29. The predicted octanol–water partition coefficient (Wildman–Crippen LogP) is 3.88. The van der Waals surface area contributed by atoms with Gasteiger partial charge in [-0.2, -0.15) is 0 Å². The Labute approximate surface area is 110 Å². The molecule has 0 aliphatic heterocycles. The summed E-state index contributed by atoms with van der Waals surface area (Å²) in [4.78, 5) is 12.6. The molecule has 0 saturated heterocycles. The Bertz CT molecular complexity index is 557. The summed E-state index contributed by atoms with van der Waals surface area (Å²) in [5.41, 5.74) is 1.20. The Hall–Kier alpha value is -1.45. The second kappa shape index (κ2) is 5.25. The third-order valence-corrected chi connectivity index (χ3v) is 2.86. The molecule has 0 atom stereocenters. The van der Waals surface area contributed by atoms with Crippen molar-refractivity contribution in [3.63, 3.8) is 0 Å². The van der Waals surface area contributed by atoms with Crippen molar-refractivity contribution in [2.75, 3.05) is 5.32 Å². The van der Waals surface area contributed by atoms with Gasteiger partial charge >= 0.3 is 0 Å². The summed E-state index contributed by atoms with van der Waals surface area (Å²) in [5, 5.41) is 3.35. The van der Waals surface area contributed by atoms with Crippen molar-refractivity contribution in [1.82, 2.24) is 0 Å². The molecule has 2 aromatic carbocycles. The van der Waals surface area contributed by atoms with Crippen LogP contribution >= 0.6 is 24.2 Å². The molecular weight excluding hydrogens is 254 g/mol. The van der Waals surface area contributed by atoms with Crippen LogP contribution < -0.4 is 5.32 Å². The van der Waals surface area contributed by atoms with Gasteiger partial charge in [-0.15, -0.1) is 12.6 Å². The molecule has 0 aliphatic carbocycles. The fraction of sp³-hybridized carbons (Fsp3) is 0. The maximum Gasteiger partial charge on any atom is 0.256 e. The molecule has 1 amide bonds. The molecule has 86 valence electrons. The second-order valence-corrected chi connectivity index (χ2v) is 4.40. The molecule has 4 heteroatoms. The molecule has 0 aromatic heterocycles. The highest BCUT2D eigenvalue weighted by atomic mass is 35.5. The van der Waals surface area contributed by atoms with Gasteiger partial charge in [-0.25, -0.2) is 0 Å². The minimum Gasteiger partial charge on any atom is -0.322 e. The first-order valence-corrected chi connectivity index (χ1v) is 5.84. The molecule has 0 spiro atoms. The average molecular weight is 264 g/mol. The standard InChI is InChI=1S/C13H10ClNOS/c14-9-4-3-5-10(8-9)15-13(16)11-6-1-2-7-12(11)17/h1-8,17H,(H,15,16). The Morgan fingerprint density at radius 1 is 1.12 bits per heavy atom. The number of halogens is 1. The van der Waals surface area contributed by atoms with Gasteiger partial charge in [0.2, 0.25) is 0 Å². The monoisotopic (exact) mass is 263 g/mol. The van der Waals surface area contributed by atoms with E-state index in [0.29, 0.717) is 21.2 Å². The van der Waals surface area contributed by atoms with E-state index in [2.05, 4.69) is 17.9 Å².